The van der Waals surface area contributed by atoms with Gasteiger partial charge in [-0.1, -0.05) is 5.57 Å². The zero-order valence-electron chi connectivity index (χ0n) is 8.67. The summed E-state index contributed by atoms with van der Waals surface area (Å²) in [5.74, 6) is -0.467. The van der Waals surface area contributed by atoms with Gasteiger partial charge in [-0.05, 0) is 13.8 Å². The van der Waals surface area contributed by atoms with E-state index in [9.17, 15) is 9.36 Å². The molecule has 0 rings (SSSR count). The first kappa shape index (κ1) is 14.3. The molecule has 0 saturated carbocycles. The second kappa shape index (κ2) is 6.74. The minimum absolute atomic E-state index is 0.0720. The van der Waals surface area contributed by atoms with Gasteiger partial charge in [0.05, 0.1) is 13.2 Å². The van der Waals surface area contributed by atoms with Gasteiger partial charge in [-0.2, -0.15) is 0 Å². The zero-order chi connectivity index (χ0) is 11.9. The van der Waals surface area contributed by atoms with Gasteiger partial charge >= 0.3 is 13.8 Å². The van der Waals surface area contributed by atoms with Gasteiger partial charge in [-0.25, -0.2) is 9.36 Å². The van der Waals surface area contributed by atoms with Crippen LogP contribution in [0, 0.1) is 0 Å². The Kier molecular flexibility index (Phi) is 6.43. The summed E-state index contributed by atoms with van der Waals surface area (Å²) in [5, 5.41) is 0. The van der Waals surface area contributed by atoms with Crippen molar-refractivity contribution in [3.8, 4) is 0 Å². The zero-order valence-corrected chi connectivity index (χ0v) is 9.57. The summed E-state index contributed by atoms with van der Waals surface area (Å²) in [6.07, 6.45) is 1.58. The molecule has 0 radical (unpaired) electrons. The lowest BCUT2D eigenvalue weighted by Gasteiger charge is -2.05. The molecular formula is C8H15O6P. The van der Waals surface area contributed by atoms with E-state index in [1.807, 2.05) is 0 Å². The van der Waals surface area contributed by atoms with Crippen molar-refractivity contribution in [2.75, 3.05) is 13.2 Å². The Morgan fingerprint density at radius 3 is 2.40 bits per heavy atom. The van der Waals surface area contributed by atoms with Gasteiger partial charge in [0.25, 0.3) is 0 Å². The predicted molar refractivity (Wildman–Crippen MR) is 53.0 cm³/mol. The summed E-state index contributed by atoms with van der Waals surface area (Å²) in [4.78, 5) is 27.6. The molecule has 0 unspecified atom stereocenters. The molecule has 88 valence electrons. The number of carbonyl (C=O) groups excluding carboxylic acids is 1. The predicted octanol–water partition coefficient (Wildman–Crippen LogP) is 0.995. The third-order valence-electron chi connectivity index (χ3n) is 1.20. The van der Waals surface area contributed by atoms with E-state index >= 15 is 0 Å². The molecule has 2 N–H and O–H groups in total. The maximum absolute atomic E-state index is 10.9. The first-order chi connectivity index (χ1) is 6.81. The van der Waals surface area contributed by atoms with E-state index in [1.165, 1.54) is 6.08 Å². The van der Waals surface area contributed by atoms with E-state index in [-0.39, 0.29) is 19.6 Å². The summed E-state index contributed by atoms with van der Waals surface area (Å²) in [6, 6.07) is 0. The molecule has 15 heavy (non-hydrogen) atoms. The lowest BCUT2D eigenvalue weighted by molar-refractivity contribution is -0.138. The van der Waals surface area contributed by atoms with Crippen LogP contribution in [-0.2, 0) is 18.6 Å². The number of hydrogen-bond donors (Lipinski definition) is 2. The van der Waals surface area contributed by atoms with E-state index < -0.39 is 13.8 Å². The Morgan fingerprint density at radius 1 is 1.33 bits per heavy atom. The van der Waals surface area contributed by atoms with E-state index in [2.05, 4.69) is 4.52 Å². The van der Waals surface area contributed by atoms with E-state index in [1.54, 1.807) is 13.8 Å². The second-order valence-corrected chi connectivity index (χ2v) is 4.31. The molecule has 0 aliphatic carbocycles. The van der Waals surface area contributed by atoms with Gasteiger partial charge in [0, 0.05) is 12.5 Å². The van der Waals surface area contributed by atoms with Crippen LogP contribution < -0.4 is 0 Å². The highest BCUT2D eigenvalue weighted by atomic mass is 31.2. The number of carbonyl (C=O) groups is 1. The molecule has 0 heterocycles. The molecule has 0 atom stereocenters. The monoisotopic (exact) mass is 238 g/mol. The number of ether oxygens (including phenoxy) is 1. The summed E-state index contributed by atoms with van der Waals surface area (Å²) in [7, 11) is -4.40. The standard InChI is InChI=1S/C8H15O6P/c1-7(2)6-8(9)13-4-3-5-14-15(10,11)12/h6H,3-5H2,1-2H3,(H2,10,11,12). The summed E-state index contributed by atoms with van der Waals surface area (Å²) in [5.41, 5.74) is 0.825. The topological polar surface area (TPSA) is 93.1 Å². The van der Waals surface area contributed by atoms with Gasteiger partial charge in [-0.3, -0.25) is 4.52 Å². The van der Waals surface area contributed by atoms with Crippen LogP contribution in [0.4, 0.5) is 0 Å². The highest BCUT2D eigenvalue weighted by Crippen LogP contribution is 2.35. The quantitative estimate of drug-likeness (QED) is 0.310. The number of phosphoric ester groups is 1. The minimum Gasteiger partial charge on any atom is -0.462 e. The van der Waals surface area contributed by atoms with Crippen molar-refractivity contribution in [3.05, 3.63) is 11.6 Å². The lowest BCUT2D eigenvalue weighted by atomic mass is 10.3. The average Bonchev–Trinajstić information content (AvgIpc) is 1.99. The Hall–Kier alpha value is -0.680. The summed E-state index contributed by atoms with van der Waals surface area (Å²) in [6.45, 7) is 3.45. The molecule has 0 aliphatic heterocycles. The van der Waals surface area contributed by atoms with Gasteiger partial charge in [0.2, 0.25) is 0 Å². The van der Waals surface area contributed by atoms with Crippen molar-refractivity contribution in [1.82, 2.24) is 0 Å². The fourth-order valence-corrected chi connectivity index (χ4v) is 1.06. The Balaban J connectivity index is 3.52. The second-order valence-electron chi connectivity index (χ2n) is 3.07. The molecule has 0 aromatic carbocycles. The molecule has 0 fully saturated rings. The molecule has 0 aromatic rings. The third kappa shape index (κ3) is 11.2. The molecule has 6 nitrogen and oxygen atoms in total. The first-order valence-corrected chi connectivity index (χ1v) is 5.86. The van der Waals surface area contributed by atoms with Crippen LogP contribution >= 0.6 is 7.82 Å². The Morgan fingerprint density at radius 2 is 1.93 bits per heavy atom. The Bertz CT molecular complexity index is 275. The number of hydrogen-bond acceptors (Lipinski definition) is 4. The highest BCUT2D eigenvalue weighted by molar-refractivity contribution is 7.46. The largest absolute Gasteiger partial charge is 0.469 e. The van der Waals surface area contributed by atoms with Crippen LogP contribution in [0.2, 0.25) is 0 Å². The van der Waals surface area contributed by atoms with Crippen LogP contribution in [0.3, 0.4) is 0 Å². The molecule has 0 spiro atoms. The van der Waals surface area contributed by atoms with Crippen LogP contribution in [0.15, 0.2) is 11.6 Å². The maximum atomic E-state index is 10.9. The van der Waals surface area contributed by atoms with Crippen LogP contribution in [0.1, 0.15) is 20.3 Å². The van der Waals surface area contributed by atoms with Crippen molar-refractivity contribution >= 4 is 13.8 Å². The number of rotatable bonds is 6. The summed E-state index contributed by atoms with van der Waals surface area (Å²) >= 11 is 0. The smallest absolute Gasteiger partial charge is 0.462 e. The Labute approximate surface area is 88.1 Å². The van der Waals surface area contributed by atoms with Gasteiger partial charge in [-0.15, -0.1) is 0 Å². The van der Waals surface area contributed by atoms with Crippen molar-refractivity contribution in [3.63, 3.8) is 0 Å². The molecular weight excluding hydrogens is 223 g/mol. The van der Waals surface area contributed by atoms with Crippen molar-refractivity contribution in [2.24, 2.45) is 0 Å². The molecule has 0 amide bonds. The fraction of sp³-hybridized carbons (Fsp3) is 0.625. The van der Waals surface area contributed by atoms with E-state index in [0.717, 1.165) is 5.57 Å². The number of phosphoric acid groups is 1. The van der Waals surface area contributed by atoms with Crippen molar-refractivity contribution < 1.29 is 28.4 Å². The third-order valence-corrected chi connectivity index (χ3v) is 1.72. The number of esters is 1. The normalized spacial score (nSPS) is 10.9. The fourth-order valence-electron chi connectivity index (χ4n) is 0.693. The highest BCUT2D eigenvalue weighted by Gasteiger charge is 2.12. The average molecular weight is 238 g/mol. The minimum atomic E-state index is -4.40. The van der Waals surface area contributed by atoms with Gasteiger partial charge < -0.3 is 14.5 Å². The SMILES string of the molecule is CC(C)=CC(=O)OCCCOP(=O)(O)O. The lowest BCUT2D eigenvalue weighted by Crippen LogP contribution is -2.05. The molecule has 0 bridgehead atoms. The maximum Gasteiger partial charge on any atom is 0.469 e. The molecule has 0 aliphatic rings. The van der Waals surface area contributed by atoms with Gasteiger partial charge in [0.1, 0.15) is 0 Å². The number of allylic oxidation sites excluding steroid dienone is 1. The van der Waals surface area contributed by atoms with Crippen LogP contribution in [0.25, 0.3) is 0 Å². The molecule has 7 heteroatoms. The first-order valence-electron chi connectivity index (χ1n) is 4.33. The summed E-state index contributed by atoms with van der Waals surface area (Å²) < 4.78 is 19.1. The van der Waals surface area contributed by atoms with E-state index in [4.69, 9.17) is 14.5 Å². The van der Waals surface area contributed by atoms with Gasteiger partial charge in [0.15, 0.2) is 0 Å². The van der Waals surface area contributed by atoms with Crippen LogP contribution in [0.5, 0.6) is 0 Å². The molecule has 0 aromatic heterocycles. The molecule has 0 saturated heterocycles. The van der Waals surface area contributed by atoms with E-state index in [0.29, 0.717) is 0 Å². The van der Waals surface area contributed by atoms with Crippen LogP contribution in [-0.4, -0.2) is 29.0 Å². The van der Waals surface area contributed by atoms with Crippen molar-refractivity contribution in [2.45, 2.75) is 20.3 Å². The van der Waals surface area contributed by atoms with Crippen molar-refractivity contribution in [1.29, 1.82) is 0 Å².